The van der Waals surface area contributed by atoms with Crippen LogP contribution in [0.3, 0.4) is 0 Å². The van der Waals surface area contributed by atoms with E-state index in [1.54, 1.807) is 24.3 Å². The number of carbonyl (C=O) groups excluding carboxylic acids is 1. The highest BCUT2D eigenvalue weighted by Crippen LogP contribution is 2.31. The lowest BCUT2D eigenvalue weighted by Gasteiger charge is -2.10. The van der Waals surface area contributed by atoms with Crippen LogP contribution in [0.1, 0.15) is 23.6 Å². The molecule has 1 aromatic heterocycles. The van der Waals surface area contributed by atoms with Gasteiger partial charge in [0, 0.05) is 11.4 Å². The molecule has 2 N–H and O–H groups in total. The minimum atomic E-state index is -0.336. The van der Waals surface area contributed by atoms with Crippen LogP contribution >= 0.6 is 23.1 Å². The number of thioether (sulfide) groups is 1. The Hall–Kier alpha value is -2.89. The number of benzene rings is 2. The SMILES string of the molecule is Cc1ccc(Nc2nnc(S[C@H](C)C(=O)Nc3ccc(C#N)cc3)s2)c(C)c1. The third kappa shape index (κ3) is 5.09. The fourth-order valence-corrected chi connectivity index (χ4v) is 4.36. The second kappa shape index (κ2) is 8.87. The summed E-state index contributed by atoms with van der Waals surface area (Å²) < 4.78 is 0.717. The zero-order valence-corrected chi connectivity index (χ0v) is 17.3. The van der Waals surface area contributed by atoms with E-state index in [1.807, 2.05) is 26.0 Å². The summed E-state index contributed by atoms with van der Waals surface area (Å²) in [6, 6.07) is 15.0. The fourth-order valence-electron chi connectivity index (χ4n) is 2.45. The molecule has 8 heteroatoms. The molecule has 0 aliphatic carbocycles. The molecule has 0 fully saturated rings. The van der Waals surface area contributed by atoms with Crippen LogP contribution in [-0.4, -0.2) is 21.4 Å². The van der Waals surface area contributed by atoms with Crippen LogP contribution in [0.4, 0.5) is 16.5 Å². The van der Waals surface area contributed by atoms with Crippen molar-refractivity contribution in [1.82, 2.24) is 10.2 Å². The normalized spacial score (nSPS) is 11.5. The molecule has 0 saturated carbocycles. The maximum absolute atomic E-state index is 12.4. The van der Waals surface area contributed by atoms with Crippen LogP contribution in [0.15, 0.2) is 46.8 Å². The lowest BCUT2D eigenvalue weighted by atomic mass is 10.1. The van der Waals surface area contributed by atoms with Gasteiger partial charge in [-0.1, -0.05) is 40.8 Å². The first-order valence-corrected chi connectivity index (χ1v) is 10.3. The first-order valence-electron chi connectivity index (χ1n) is 8.60. The van der Waals surface area contributed by atoms with Gasteiger partial charge in [-0.2, -0.15) is 5.26 Å². The van der Waals surface area contributed by atoms with Gasteiger partial charge in [-0.25, -0.2) is 0 Å². The summed E-state index contributed by atoms with van der Waals surface area (Å²) in [4.78, 5) is 12.4. The lowest BCUT2D eigenvalue weighted by Crippen LogP contribution is -2.22. The van der Waals surface area contributed by atoms with E-state index < -0.39 is 0 Å². The maximum atomic E-state index is 12.4. The second-order valence-electron chi connectivity index (χ2n) is 6.25. The smallest absolute Gasteiger partial charge is 0.237 e. The molecule has 0 spiro atoms. The second-order valence-corrected chi connectivity index (χ2v) is 8.82. The number of anilines is 3. The number of nitrogens with one attached hydrogen (secondary N) is 2. The van der Waals surface area contributed by atoms with Gasteiger partial charge in [-0.05, 0) is 56.7 Å². The molecule has 1 heterocycles. The number of aryl methyl sites for hydroxylation is 2. The van der Waals surface area contributed by atoms with Gasteiger partial charge in [0.2, 0.25) is 11.0 Å². The number of carbonyl (C=O) groups is 1. The Kier molecular flexibility index (Phi) is 6.29. The molecule has 0 radical (unpaired) electrons. The molecular formula is C20H19N5OS2. The summed E-state index contributed by atoms with van der Waals surface area (Å²) in [7, 11) is 0. The van der Waals surface area contributed by atoms with E-state index in [2.05, 4.69) is 39.9 Å². The van der Waals surface area contributed by atoms with Crippen molar-refractivity contribution in [2.45, 2.75) is 30.4 Å². The molecule has 3 rings (SSSR count). The average molecular weight is 410 g/mol. The monoisotopic (exact) mass is 409 g/mol. The summed E-state index contributed by atoms with van der Waals surface area (Å²) in [5.74, 6) is -0.131. The number of rotatable bonds is 6. The van der Waals surface area contributed by atoms with Crippen LogP contribution in [0.2, 0.25) is 0 Å². The Balaban J connectivity index is 1.58. The van der Waals surface area contributed by atoms with Crippen LogP contribution in [0.5, 0.6) is 0 Å². The van der Waals surface area contributed by atoms with Crippen LogP contribution in [-0.2, 0) is 4.79 Å². The van der Waals surface area contributed by atoms with Crippen molar-refractivity contribution in [3.63, 3.8) is 0 Å². The topological polar surface area (TPSA) is 90.7 Å². The van der Waals surface area contributed by atoms with Crippen LogP contribution in [0, 0.1) is 25.2 Å². The van der Waals surface area contributed by atoms with Crippen LogP contribution < -0.4 is 10.6 Å². The summed E-state index contributed by atoms with van der Waals surface area (Å²) in [6.45, 7) is 5.92. The van der Waals surface area contributed by atoms with E-state index in [4.69, 9.17) is 5.26 Å². The molecule has 0 aliphatic heterocycles. The highest BCUT2D eigenvalue weighted by Gasteiger charge is 2.17. The molecule has 2 aromatic carbocycles. The van der Waals surface area contributed by atoms with Crippen molar-refractivity contribution in [2.24, 2.45) is 0 Å². The van der Waals surface area contributed by atoms with Gasteiger partial charge in [-0.3, -0.25) is 4.79 Å². The van der Waals surface area contributed by atoms with Gasteiger partial charge in [0.05, 0.1) is 16.9 Å². The number of aromatic nitrogens is 2. The molecule has 0 unspecified atom stereocenters. The lowest BCUT2D eigenvalue weighted by molar-refractivity contribution is -0.115. The van der Waals surface area contributed by atoms with E-state index in [1.165, 1.54) is 28.7 Å². The van der Waals surface area contributed by atoms with Crippen molar-refractivity contribution >= 4 is 45.5 Å². The molecule has 0 saturated heterocycles. The number of nitriles is 1. The van der Waals surface area contributed by atoms with Gasteiger partial charge in [0.1, 0.15) is 0 Å². The van der Waals surface area contributed by atoms with Gasteiger partial charge in [0.25, 0.3) is 0 Å². The molecule has 1 atom stereocenters. The first-order chi connectivity index (χ1) is 13.4. The molecule has 6 nitrogen and oxygen atoms in total. The number of hydrogen-bond donors (Lipinski definition) is 2. The van der Waals surface area contributed by atoms with E-state index in [9.17, 15) is 4.79 Å². The predicted octanol–water partition coefficient (Wildman–Crippen LogP) is 4.89. The predicted molar refractivity (Wildman–Crippen MR) is 114 cm³/mol. The number of amides is 1. The van der Waals surface area contributed by atoms with Crippen molar-refractivity contribution < 1.29 is 4.79 Å². The Morgan fingerprint density at radius 3 is 2.61 bits per heavy atom. The van der Waals surface area contributed by atoms with Crippen molar-refractivity contribution in [3.8, 4) is 6.07 Å². The highest BCUT2D eigenvalue weighted by molar-refractivity contribution is 8.02. The molecule has 28 heavy (non-hydrogen) atoms. The van der Waals surface area contributed by atoms with E-state index in [-0.39, 0.29) is 11.2 Å². The molecular weight excluding hydrogens is 390 g/mol. The highest BCUT2D eigenvalue weighted by atomic mass is 32.2. The summed E-state index contributed by atoms with van der Waals surface area (Å²) >= 11 is 2.77. The summed E-state index contributed by atoms with van der Waals surface area (Å²) in [5.41, 5.74) is 4.55. The molecule has 142 valence electrons. The van der Waals surface area contributed by atoms with Gasteiger partial charge >= 0.3 is 0 Å². The van der Waals surface area contributed by atoms with Crippen LogP contribution in [0.25, 0.3) is 0 Å². The zero-order valence-electron chi connectivity index (χ0n) is 15.7. The minimum Gasteiger partial charge on any atom is -0.330 e. The van der Waals surface area contributed by atoms with E-state index in [0.717, 1.165) is 15.6 Å². The molecule has 0 aliphatic rings. The quantitative estimate of drug-likeness (QED) is 0.563. The van der Waals surface area contributed by atoms with Gasteiger partial charge in [-0.15, -0.1) is 10.2 Å². The standard InChI is InChI=1S/C20H19N5OS2/c1-12-4-9-17(13(2)10-12)23-19-24-25-20(28-19)27-14(3)18(26)22-16-7-5-15(11-21)6-8-16/h4-10,14H,1-3H3,(H,22,26)(H,23,24)/t14-/m1/s1. The number of hydrogen-bond acceptors (Lipinski definition) is 7. The van der Waals surface area contributed by atoms with Crippen molar-refractivity contribution in [3.05, 3.63) is 59.2 Å². The third-order valence-electron chi connectivity index (χ3n) is 3.96. The van der Waals surface area contributed by atoms with Crippen molar-refractivity contribution in [2.75, 3.05) is 10.6 Å². The number of nitrogens with zero attached hydrogens (tertiary/aromatic N) is 3. The summed E-state index contributed by atoms with van der Waals surface area (Å²) in [6.07, 6.45) is 0. The summed E-state index contributed by atoms with van der Waals surface area (Å²) in [5, 5.41) is 23.6. The largest absolute Gasteiger partial charge is 0.330 e. The molecule has 1 amide bonds. The maximum Gasteiger partial charge on any atom is 0.237 e. The van der Waals surface area contributed by atoms with Gasteiger partial charge < -0.3 is 10.6 Å². The third-order valence-corrected chi connectivity index (χ3v) is 5.98. The molecule has 3 aromatic rings. The Morgan fingerprint density at radius 1 is 1.18 bits per heavy atom. The first kappa shape index (κ1) is 19.9. The van der Waals surface area contributed by atoms with E-state index >= 15 is 0 Å². The van der Waals surface area contributed by atoms with E-state index in [0.29, 0.717) is 16.4 Å². The minimum absolute atomic E-state index is 0.131. The molecule has 0 bridgehead atoms. The van der Waals surface area contributed by atoms with Gasteiger partial charge in [0.15, 0.2) is 4.34 Å². The Morgan fingerprint density at radius 2 is 1.93 bits per heavy atom. The zero-order chi connectivity index (χ0) is 20.1. The fraction of sp³-hybridized carbons (Fsp3) is 0.200. The Labute approximate surface area is 172 Å². The average Bonchev–Trinajstić information content (AvgIpc) is 3.11. The van der Waals surface area contributed by atoms with Crippen molar-refractivity contribution in [1.29, 1.82) is 5.26 Å². The Bertz CT molecular complexity index is 1020.